The Balaban J connectivity index is 2.78. The highest BCUT2D eigenvalue weighted by Crippen LogP contribution is 2.04. The monoisotopic (exact) mass is 233 g/mol. The zero-order valence-corrected chi connectivity index (χ0v) is 9.86. The van der Waals surface area contributed by atoms with Gasteiger partial charge in [0.2, 0.25) is 0 Å². The fourth-order valence-corrected chi connectivity index (χ4v) is 1.12. The van der Waals surface area contributed by atoms with Crippen LogP contribution in [-0.2, 0) is 9.53 Å². The van der Waals surface area contributed by atoms with Crippen molar-refractivity contribution in [2.75, 3.05) is 12.0 Å². The van der Waals surface area contributed by atoms with Crippen LogP contribution in [0.25, 0.3) is 0 Å². The van der Waals surface area contributed by atoms with Gasteiger partial charge in [-0.05, 0) is 26.0 Å². The number of anilines is 1. The number of esters is 1. The van der Waals surface area contributed by atoms with Gasteiger partial charge in [-0.25, -0.2) is 4.79 Å². The molecule has 0 heterocycles. The normalized spacial score (nSPS) is 10.8. The molecule has 0 spiro atoms. The van der Waals surface area contributed by atoms with Crippen LogP contribution in [0.5, 0.6) is 0 Å². The van der Waals surface area contributed by atoms with Gasteiger partial charge in [-0.1, -0.05) is 18.2 Å². The Hall–Kier alpha value is -2.17. The minimum absolute atomic E-state index is 0.0179. The predicted octanol–water partition coefficient (Wildman–Crippen LogP) is 2.06. The van der Waals surface area contributed by atoms with Crippen LogP contribution in [0.2, 0.25) is 0 Å². The quantitative estimate of drug-likeness (QED) is 0.464. The Bertz CT molecular complexity index is 427. The molecule has 17 heavy (non-hydrogen) atoms. The number of carbonyl (C=O) groups excluding carboxylic acids is 1. The lowest BCUT2D eigenvalue weighted by atomic mass is 10.2. The lowest BCUT2D eigenvalue weighted by Crippen LogP contribution is -2.25. The van der Waals surface area contributed by atoms with E-state index in [0.717, 1.165) is 5.69 Å². The zero-order valence-electron chi connectivity index (χ0n) is 9.86. The molecule has 0 radical (unpaired) electrons. The zero-order chi connectivity index (χ0) is 12.7. The molecule has 0 aromatic heterocycles. The minimum Gasteiger partial charge on any atom is -0.461 e. The van der Waals surface area contributed by atoms with Crippen molar-refractivity contribution in [2.24, 2.45) is 5.10 Å². The van der Waals surface area contributed by atoms with E-state index in [0.29, 0.717) is 0 Å². The highest BCUT2D eigenvalue weighted by Gasteiger charge is 2.14. The molecule has 0 saturated heterocycles. The summed E-state index contributed by atoms with van der Waals surface area (Å²) >= 11 is 0. The molecular formula is C12H15N3O2. The molecule has 0 aliphatic heterocycles. The molecule has 0 atom stereocenters. The van der Waals surface area contributed by atoms with Crippen molar-refractivity contribution < 1.29 is 9.53 Å². The van der Waals surface area contributed by atoms with Gasteiger partial charge >= 0.3 is 5.97 Å². The van der Waals surface area contributed by atoms with Gasteiger partial charge in [0.05, 0.1) is 18.0 Å². The lowest BCUT2D eigenvalue weighted by molar-refractivity contribution is -0.134. The first-order valence-corrected chi connectivity index (χ1v) is 5.26. The Kier molecular flexibility index (Phi) is 4.87. The maximum absolute atomic E-state index is 11.5. The summed E-state index contributed by atoms with van der Waals surface area (Å²) in [5.74, 6) is -0.594. The van der Waals surface area contributed by atoms with E-state index in [1.807, 2.05) is 30.3 Å². The maximum atomic E-state index is 11.5. The number of nitrogens with one attached hydrogen (secondary N) is 2. The van der Waals surface area contributed by atoms with Gasteiger partial charge in [0.1, 0.15) is 0 Å². The molecule has 0 amide bonds. The second-order valence-electron chi connectivity index (χ2n) is 3.28. The van der Waals surface area contributed by atoms with E-state index in [2.05, 4.69) is 10.5 Å². The van der Waals surface area contributed by atoms with Crippen molar-refractivity contribution in [3.05, 3.63) is 30.3 Å². The highest BCUT2D eigenvalue weighted by molar-refractivity contribution is 6.64. The van der Waals surface area contributed by atoms with E-state index >= 15 is 0 Å². The van der Waals surface area contributed by atoms with E-state index in [9.17, 15) is 4.79 Å². The number of carbonyl (C=O) groups is 1. The number of ether oxygens (including phenoxy) is 1. The molecule has 5 nitrogen and oxygen atoms in total. The smallest absolute Gasteiger partial charge is 0.360 e. The number of rotatable bonds is 5. The summed E-state index contributed by atoms with van der Waals surface area (Å²) in [6.45, 7) is 3.46. The standard InChI is InChI=1S/C12H15N3O2/c1-3-17-12(16)11(9(2)13)15-14-10-7-5-4-6-8-10/h4-8,13-14H,3H2,1-2H3/b13-9?,15-11-. The summed E-state index contributed by atoms with van der Waals surface area (Å²) in [4.78, 5) is 11.5. The van der Waals surface area contributed by atoms with Crippen molar-refractivity contribution in [1.82, 2.24) is 0 Å². The number of benzene rings is 1. The maximum Gasteiger partial charge on any atom is 0.360 e. The van der Waals surface area contributed by atoms with Gasteiger partial charge < -0.3 is 10.1 Å². The summed E-state index contributed by atoms with van der Waals surface area (Å²) in [6.07, 6.45) is 0. The van der Waals surface area contributed by atoms with Crippen LogP contribution < -0.4 is 5.43 Å². The van der Waals surface area contributed by atoms with Crippen molar-refractivity contribution >= 4 is 23.1 Å². The Morgan fingerprint density at radius 1 is 1.41 bits per heavy atom. The third-order valence-corrected chi connectivity index (χ3v) is 1.89. The van der Waals surface area contributed by atoms with E-state index in [-0.39, 0.29) is 18.0 Å². The molecule has 5 heteroatoms. The number of nitrogens with zero attached hydrogens (tertiary/aromatic N) is 1. The van der Waals surface area contributed by atoms with Crippen LogP contribution in [0.1, 0.15) is 13.8 Å². The van der Waals surface area contributed by atoms with Gasteiger partial charge in [0.15, 0.2) is 5.71 Å². The van der Waals surface area contributed by atoms with Gasteiger partial charge in [-0.15, -0.1) is 0 Å². The average Bonchev–Trinajstić information content (AvgIpc) is 2.30. The minimum atomic E-state index is -0.594. The Labute approximate surface area is 100.0 Å². The van der Waals surface area contributed by atoms with Crippen molar-refractivity contribution in [2.45, 2.75) is 13.8 Å². The topological polar surface area (TPSA) is 74.5 Å². The fourth-order valence-electron chi connectivity index (χ4n) is 1.12. The Morgan fingerprint density at radius 2 is 2.06 bits per heavy atom. The summed E-state index contributed by atoms with van der Waals surface area (Å²) in [7, 11) is 0. The molecule has 90 valence electrons. The number of hydrogen-bond donors (Lipinski definition) is 2. The molecule has 0 bridgehead atoms. The second-order valence-corrected chi connectivity index (χ2v) is 3.28. The van der Waals surface area contributed by atoms with Crippen molar-refractivity contribution in [1.29, 1.82) is 5.41 Å². The third-order valence-electron chi connectivity index (χ3n) is 1.89. The van der Waals surface area contributed by atoms with Gasteiger partial charge in [0.25, 0.3) is 0 Å². The van der Waals surface area contributed by atoms with Crippen LogP contribution >= 0.6 is 0 Å². The summed E-state index contributed by atoms with van der Waals surface area (Å²) in [5.41, 5.74) is 3.50. The predicted molar refractivity (Wildman–Crippen MR) is 67.5 cm³/mol. The molecule has 0 unspecified atom stereocenters. The molecule has 0 saturated carbocycles. The van der Waals surface area contributed by atoms with E-state index < -0.39 is 5.97 Å². The third kappa shape index (κ3) is 4.06. The number of hydrogen-bond acceptors (Lipinski definition) is 5. The van der Waals surface area contributed by atoms with Gasteiger partial charge in [0, 0.05) is 0 Å². The van der Waals surface area contributed by atoms with Crippen LogP contribution in [0.4, 0.5) is 5.69 Å². The fraction of sp³-hybridized carbons (Fsp3) is 0.250. The molecular weight excluding hydrogens is 218 g/mol. The first kappa shape index (κ1) is 12.9. The lowest BCUT2D eigenvalue weighted by Gasteiger charge is -2.05. The molecule has 0 fully saturated rings. The number of hydrazone groups is 1. The average molecular weight is 233 g/mol. The number of para-hydroxylation sites is 1. The molecule has 2 N–H and O–H groups in total. The van der Waals surface area contributed by atoms with Gasteiger partial charge in [-0.2, -0.15) is 5.10 Å². The first-order chi connectivity index (χ1) is 8.15. The van der Waals surface area contributed by atoms with Crippen molar-refractivity contribution in [3.63, 3.8) is 0 Å². The first-order valence-electron chi connectivity index (χ1n) is 5.26. The Morgan fingerprint density at radius 3 is 2.59 bits per heavy atom. The van der Waals surface area contributed by atoms with Crippen LogP contribution in [0.3, 0.4) is 0 Å². The van der Waals surface area contributed by atoms with Crippen LogP contribution in [0, 0.1) is 5.41 Å². The molecule has 1 aromatic carbocycles. The van der Waals surface area contributed by atoms with E-state index in [1.54, 1.807) is 6.92 Å². The van der Waals surface area contributed by atoms with Crippen molar-refractivity contribution in [3.8, 4) is 0 Å². The largest absolute Gasteiger partial charge is 0.461 e. The molecule has 1 aromatic rings. The van der Waals surface area contributed by atoms with Crippen LogP contribution in [-0.4, -0.2) is 24.0 Å². The van der Waals surface area contributed by atoms with Gasteiger partial charge in [-0.3, -0.25) is 5.43 Å². The van der Waals surface area contributed by atoms with E-state index in [4.69, 9.17) is 10.1 Å². The second kappa shape index (κ2) is 6.42. The molecule has 1 rings (SSSR count). The SMILES string of the molecule is CCOC(=O)/C(=N\Nc1ccccc1)C(C)=N. The summed E-state index contributed by atoms with van der Waals surface area (Å²) in [6, 6.07) is 9.19. The highest BCUT2D eigenvalue weighted by atomic mass is 16.5. The van der Waals surface area contributed by atoms with E-state index in [1.165, 1.54) is 6.92 Å². The summed E-state index contributed by atoms with van der Waals surface area (Å²) in [5, 5.41) is 11.3. The summed E-state index contributed by atoms with van der Waals surface area (Å²) < 4.78 is 4.80. The molecule has 0 aliphatic carbocycles. The van der Waals surface area contributed by atoms with Crippen LogP contribution in [0.15, 0.2) is 35.4 Å². The molecule has 0 aliphatic rings.